The average Bonchev–Trinajstić information content (AvgIpc) is 3.38. The molecule has 2 amide bonds. The first kappa shape index (κ1) is 24.1. The SMILES string of the molecule is CC(=O)Nc1ccc2oc(-c3ccnc(C(=O)N4CC5C(C4)N5C(c4ccccc4)c4nnn(C)n4)c3)nc2c1. The number of hydrogen-bond acceptors (Lipinski definition) is 9. The number of amides is 2. The van der Waals surface area contributed by atoms with Crippen molar-refractivity contribution in [3.05, 3.63) is 83.9 Å². The molecule has 2 aromatic carbocycles. The molecule has 0 bridgehead atoms. The van der Waals surface area contributed by atoms with Crippen LogP contribution in [0.3, 0.4) is 0 Å². The fraction of sp³-hybridized carbons (Fsp3) is 0.250. The predicted molar refractivity (Wildman–Crippen MR) is 144 cm³/mol. The third-order valence-electron chi connectivity index (χ3n) is 7.34. The third-order valence-corrected chi connectivity index (χ3v) is 7.34. The number of nitrogens with one attached hydrogen (secondary N) is 1. The summed E-state index contributed by atoms with van der Waals surface area (Å²) < 4.78 is 5.92. The molecule has 3 atom stereocenters. The molecule has 5 heterocycles. The maximum atomic E-state index is 13.5. The van der Waals surface area contributed by atoms with E-state index in [2.05, 4.69) is 47.7 Å². The quantitative estimate of drug-likeness (QED) is 0.326. The second kappa shape index (κ2) is 9.35. The van der Waals surface area contributed by atoms with Gasteiger partial charge in [-0.3, -0.25) is 19.5 Å². The molecular formula is C28H25N9O3. The number of aromatic nitrogens is 6. The second-order valence-electron chi connectivity index (χ2n) is 10.1. The van der Waals surface area contributed by atoms with E-state index < -0.39 is 0 Å². The molecule has 0 saturated carbocycles. The number of tetrazole rings is 1. The number of nitrogens with zero attached hydrogens (tertiary/aromatic N) is 8. The zero-order valence-electron chi connectivity index (χ0n) is 21.8. The Labute approximate surface area is 228 Å². The normalized spacial score (nSPS) is 20.4. The molecule has 3 unspecified atom stereocenters. The Balaban J connectivity index is 1.08. The van der Waals surface area contributed by atoms with Crippen molar-refractivity contribution in [2.75, 3.05) is 18.4 Å². The van der Waals surface area contributed by atoms with Gasteiger partial charge in [0.2, 0.25) is 11.8 Å². The van der Waals surface area contributed by atoms with Gasteiger partial charge in [-0.25, -0.2) is 4.98 Å². The summed E-state index contributed by atoms with van der Waals surface area (Å²) in [6, 6.07) is 19.2. The number of likely N-dealkylation sites (tertiary alicyclic amines) is 1. The van der Waals surface area contributed by atoms with Crippen molar-refractivity contribution < 1.29 is 14.0 Å². The van der Waals surface area contributed by atoms with Crippen LogP contribution in [0.2, 0.25) is 0 Å². The predicted octanol–water partition coefficient (Wildman–Crippen LogP) is 2.67. The molecule has 200 valence electrons. The van der Waals surface area contributed by atoms with Crippen molar-refractivity contribution >= 4 is 28.6 Å². The molecule has 0 aliphatic carbocycles. The van der Waals surface area contributed by atoms with Crippen LogP contribution in [-0.4, -0.2) is 77.0 Å². The molecule has 0 spiro atoms. The molecule has 2 fully saturated rings. The monoisotopic (exact) mass is 535 g/mol. The summed E-state index contributed by atoms with van der Waals surface area (Å²) in [4.78, 5) is 39.4. The van der Waals surface area contributed by atoms with Crippen molar-refractivity contribution in [2.24, 2.45) is 7.05 Å². The molecule has 12 nitrogen and oxygen atoms in total. The molecule has 7 rings (SSSR count). The molecule has 2 saturated heterocycles. The summed E-state index contributed by atoms with van der Waals surface area (Å²) in [7, 11) is 1.76. The van der Waals surface area contributed by atoms with Gasteiger partial charge in [-0.2, -0.15) is 4.80 Å². The first-order chi connectivity index (χ1) is 19.4. The van der Waals surface area contributed by atoms with Crippen molar-refractivity contribution in [2.45, 2.75) is 25.0 Å². The van der Waals surface area contributed by atoms with Gasteiger partial charge in [0.25, 0.3) is 5.91 Å². The maximum Gasteiger partial charge on any atom is 0.272 e. The Kier molecular flexibility index (Phi) is 5.63. The first-order valence-electron chi connectivity index (χ1n) is 12.9. The van der Waals surface area contributed by atoms with Gasteiger partial charge in [-0.1, -0.05) is 30.3 Å². The van der Waals surface area contributed by atoms with Crippen molar-refractivity contribution in [1.29, 1.82) is 0 Å². The zero-order valence-corrected chi connectivity index (χ0v) is 21.8. The topological polar surface area (TPSA) is 135 Å². The largest absolute Gasteiger partial charge is 0.436 e. The van der Waals surface area contributed by atoms with Crippen molar-refractivity contribution in [3.8, 4) is 11.5 Å². The van der Waals surface area contributed by atoms with E-state index in [0.29, 0.717) is 52.8 Å². The number of aryl methyl sites for hydroxylation is 1. The Hall–Kier alpha value is -4.97. The maximum absolute atomic E-state index is 13.5. The lowest BCUT2D eigenvalue weighted by atomic mass is 10.1. The molecule has 3 aromatic heterocycles. The number of rotatable bonds is 6. The van der Waals surface area contributed by atoms with E-state index in [4.69, 9.17) is 4.42 Å². The molecule has 2 aliphatic rings. The van der Waals surface area contributed by atoms with Crippen LogP contribution < -0.4 is 5.32 Å². The Morgan fingerprint density at radius 3 is 2.58 bits per heavy atom. The summed E-state index contributed by atoms with van der Waals surface area (Å²) in [5.74, 6) is 0.734. The highest BCUT2D eigenvalue weighted by atomic mass is 16.3. The van der Waals surface area contributed by atoms with Gasteiger partial charge in [0.15, 0.2) is 11.4 Å². The van der Waals surface area contributed by atoms with E-state index in [9.17, 15) is 9.59 Å². The summed E-state index contributed by atoms with van der Waals surface area (Å²) >= 11 is 0. The molecule has 5 aromatic rings. The van der Waals surface area contributed by atoms with Crippen LogP contribution in [0.4, 0.5) is 5.69 Å². The molecule has 1 N–H and O–H groups in total. The Morgan fingerprint density at radius 2 is 1.85 bits per heavy atom. The lowest BCUT2D eigenvalue weighted by molar-refractivity contribution is -0.114. The summed E-state index contributed by atoms with van der Waals surface area (Å²) in [5.41, 5.74) is 3.91. The Bertz CT molecular complexity index is 1740. The number of hydrogen-bond donors (Lipinski definition) is 1. The van der Waals surface area contributed by atoms with Crippen molar-refractivity contribution in [3.63, 3.8) is 0 Å². The fourth-order valence-corrected chi connectivity index (χ4v) is 5.54. The van der Waals surface area contributed by atoms with Gasteiger partial charge in [0.05, 0.1) is 7.05 Å². The van der Waals surface area contributed by atoms with E-state index in [0.717, 1.165) is 5.56 Å². The van der Waals surface area contributed by atoms with Crippen LogP contribution in [0, 0.1) is 0 Å². The Morgan fingerprint density at radius 1 is 1.05 bits per heavy atom. The van der Waals surface area contributed by atoms with Gasteiger partial charge >= 0.3 is 0 Å². The molecule has 0 radical (unpaired) electrons. The van der Waals surface area contributed by atoms with Crippen LogP contribution in [-0.2, 0) is 11.8 Å². The summed E-state index contributed by atoms with van der Waals surface area (Å²) in [6.07, 6.45) is 1.59. The van der Waals surface area contributed by atoms with Gasteiger partial charge in [0.1, 0.15) is 17.3 Å². The molecule has 2 aliphatic heterocycles. The van der Waals surface area contributed by atoms with E-state index >= 15 is 0 Å². The number of anilines is 1. The first-order valence-corrected chi connectivity index (χ1v) is 12.9. The lowest BCUT2D eigenvalue weighted by Crippen LogP contribution is -2.36. The number of carbonyl (C=O) groups excluding carboxylic acids is 2. The average molecular weight is 536 g/mol. The van der Waals surface area contributed by atoms with E-state index in [-0.39, 0.29) is 29.9 Å². The number of piperazine rings is 1. The van der Waals surface area contributed by atoms with Gasteiger partial charge in [0, 0.05) is 49.5 Å². The summed E-state index contributed by atoms with van der Waals surface area (Å²) in [5, 5.41) is 15.6. The fourth-order valence-electron chi connectivity index (χ4n) is 5.54. The number of pyridine rings is 1. The van der Waals surface area contributed by atoms with Crippen LogP contribution >= 0.6 is 0 Å². The highest BCUT2D eigenvalue weighted by Crippen LogP contribution is 2.45. The van der Waals surface area contributed by atoms with Gasteiger partial charge < -0.3 is 14.6 Å². The number of carbonyl (C=O) groups is 2. The standard InChI is InChI=1S/C28H25N9O3/c1-16(38)30-19-8-9-24-20(13-19)31-27(40-24)18-10-11-29-21(12-18)28(39)36-14-22-23(15-36)37(22)25(17-6-4-3-5-7-17)26-32-34-35(2)33-26/h3-13,22-23,25H,14-15H2,1-2H3,(H,30,38). The van der Waals surface area contributed by atoms with Crippen LogP contribution in [0.15, 0.2) is 71.3 Å². The van der Waals surface area contributed by atoms with Gasteiger partial charge in [-0.15, -0.1) is 10.2 Å². The molecular weight excluding hydrogens is 510 g/mol. The second-order valence-corrected chi connectivity index (χ2v) is 10.1. The third kappa shape index (κ3) is 4.28. The lowest BCUT2D eigenvalue weighted by Gasteiger charge is -2.24. The number of oxazole rings is 1. The highest BCUT2D eigenvalue weighted by Gasteiger charge is 2.59. The van der Waals surface area contributed by atoms with E-state index in [1.807, 2.05) is 23.1 Å². The highest BCUT2D eigenvalue weighted by molar-refractivity contribution is 5.94. The van der Waals surface area contributed by atoms with E-state index in [1.54, 1.807) is 43.6 Å². The minimum Gasteiger partial charge on any atom is -0.436 e. The minimum absolute atomic E-state index is 0.117. The number of fused-ring (bicyclic) bond motifs is 2. The summed E-state index contributed by atoms with van der Waals surface area (Å²) in [6.45, 7) is 2.63. The molecule has 40 heavy (non-hydrogen) atoms. The van der Waals surface area contributed by atoms with Crippen molar-refractivity contribution in [1.82, 2.24) is 40.0 Å². The van der Waals surface area contributed by atoms with Crippen LogP contribution in [0.1, 0.15) is 34.8 Å². The smallest absolute Gasteiger partial charge is 0.272 e. The van der Waals surface area contributed by atoms with Crippen LogP contribution in [0.25, 0.3) is 22.6 Å². The number of benzene rings is 2. The van der Waals surface area contributed by atoms with Crippen LogP contribution in [0.5, 0.6) is 0 Å². The van der Waals surface area contributed by atoms with Gasteiger partial charge in [-0.05, 0) is 41.1 Å². The zero-order chi connectivity index (χ0) is 27.4. The minimum atomic E-state index is -0.163. The van der Waals surface area contributed by atoms with E-state index in [1.165, 1.54) is 11.7 Å². The molecule has 12 heteroatoms.